The second-order valence-electron chi connectivity index (χ2n) is 5.27. The number of aromatic amines is 1. The second-order valence-corrected chi connectivity index (χ2v) is 5.27. The predicted molar refractivity (Wildman–Crippen MR) is 78.6 cm³/mol. The lowest BCUT2D eigenvalue weighted by molar-refractivity contribution is 0.0363. The third kappa shape index (κ3) is 2.25. The lowest BCUT2D eigenvalue weighted by Gasteiger charge is -2.31. The normalized spacial score (nSPS) is 16.4. The molecule has 1 aromatic heterocycles. The van der Waals surface area contributed by atoms with Gasteiger partial charge in [-0.05, 0) is 31.0 Å². The van der Waals surface area contributed by atoms with Gasteiger partial charge >= 0.3 is 0 Å². The van der Waals surface area contributed by atoms with E-state index in [0.29, 0.717) is 11.3 Å². The molecular formula is C15H19N3O2. The van der Waals surface area contributed by atoms with Crippen molar-refractivity contribution in [2.45, 2.75) is 18.9 Å². The predicted octanol–water partition coefficient (Wildman–Crippen LogP) is 2.00. The van der Waals surface area contributed by atoms with Gasteiger partial charge in [0.05, 0.1) is 5.56 Å². The highest BCUT2D eigenvalue weighted by Crippen LogP contribution is 2.24. The number of carbonyl (C=O) groups excluding carboxylic acids is 1. The minimum absolute atomic E-state index is 0.0359. The average Bonchev–Trinajstić information content (AvgIpc) is 2.89. The number of rotatable bonds is 2. The molecule has 0 bridgehead atoms. The van der Waals surface area contributed by atoms with E-state index in [1.54, 1.807) is 6.20 Å². The van der Waals surface area contributed by atoms with Crippen LogP contribution in [0.15, 0.2) is 24.4 Å². The van der Waals surface area contributed by atoms with Gasteiger partial charge < -0.3 is 20.4 Å². The highest BCUT2D eigenvalue weighted by Gasteiger charge is 2.24. The maximum absolute atomic E-state index is 12.7. The van der Waals surface area contributed by atoms with Crippen molar-refractivity contribution in [2.75, 3.05) is 26.0 Å². The van der Waals surface area contributed by atoms with Gasteiger partial charge in [-0.15, -0.1) is 0 Å². The number of anilines is 1. The van der Waals surface area contributed by atoms with Crippen molar-refractivity contribution < 1.29 is 9.53 Å². The maximum atomic E-state index is 12.7. The van der Waals surface area contributed by atoms with Crippen LogP contribution in [0.1, 0.15) is 23.2 Å². The van der Waals surface area contributed by atoms with E-state index in [9.17, 15) is 4.79 Å². The van der Waals surface area contributed by atoms with Crippen LogP contribution in [0.4, 0.5) is 5.69 Å². The Bertz CT molecular complexity index is 629. The average molecular weight is 273 g/mol. The lowest BCUT2D eigenvalue weighted by Crippen LogP contribution is -2.40. The van der Waals surface area contributed by atoms with Gasteiger partial charge in [-0.25, -0.2) is 0 Å². The molecule has 1 fully saturated rings. The highest BCUT2D eigenvalue weighted by molar-refractivity contribution is 6.07. The van der Waals surface area contributed by atoms with E-state index >= 15 is 0 Å². The molecule has 3 rings (SSSR count). The molecule has 106 valence electrons. The molecule has 5 heteroatoms. The largest absolute Gasteiger partial charge is 0.399 e. The molecule has 2 aromatic rings. The van der Waals surface area contributed by atoms with Crippen molar-refractivity contribution in [3.63, 3.8) is 0 Å². The van der Waals surface area contributed by atoms with E-state index in [-0.39, 0.29) is 11.9 Å². The summed E-state index contributed by atoms with van der Waals surface area (Å²) in [6.07, 6.45) is 3.56. The van der Waals surface area contributed by atoms with Gasteiger partial charge in [0.15, 0.2) is 0 Å². The van der Waals surface area contributed by atoms with E-state index in [0.717, 1.165) is 37.0 Å². The molecule has 2 heterocycles. The van der Waals surface area contributed by atoms with Gasteiger partial charge in [-0.1, -0.05) is 0 Å². The monoisotopic (exact) mass is 273 g/mol. The Hall–Kier alpha value is -2.01. The van der Waals surface area contributed by atoms with Gasteiger partial charge in [0, 0.05) is 49.1 Å². The van der Waals surface area contributed by atoms with Crippen LogP contribution in [0.25, 0.3) is 10.9 Å². The summed E-state index contributed by atoms with van der Waals surface area (Å²) in [5.74, 6) is 0.0359. The van der Waals surface area contributed by atoms with Crippen LogP contribution >= 0.6 is 0 Å². The molecule has 1 saturated heterocycles. The van der Waals surface area contributed by atoms with Crippen molar-refractivity contribution in [1.82, 2.24) is 9.88 Å². The number of aromatic nitrogens is 1. The minimum atomic E-state index is 0.0359. The number of nitrogens with two attached hydrogens (primary N) is 1. The fraction of sp³-hybridized carbons (Fsp3) is 0.400. The smallest absolute Gasteiger partial charge is 0.256 e. The molecule has 1 amide bonds. The Balaban J connectivity index is 1.89. The lowest BCUT2D eigenvalue weighted by atomic mass is 10.1. The Morgan fingerprint density at radius 2 is 2.15 bits per heavy atom. The van der Waals surface area contributed by atoms with Crippen LogP contribution in [0.5, 0.6) is 0 Å². The zero-order valence-electron chi connectivity index (χ0n) is 11.6. The number of ether oxygens (including phenoxy) is 1. The zero-order valence-corrected chi connectivity index (χ0v) is 11.6. The molecule has 0 unspecified atom stereocenters. The number of amides is 1. The van der Waals surface area contributed by atoms with Crippen molar-refractivity contribution in [2.24, 2.45) is 0 Å². The van der Waals surface area contributed by atoms with E-state index in [4.69, 9.17) is 10.5 Å². The van der Waals surface area contributed by atoms with Crippen LogP contribution in [0, 0.1) is 0 Å². The molecule has 0 spiro atoms. The summed E-state index contributed by atoms with van der Waals surface area (Å²) >= 11 is 0. The molecule has 0 saturated carbocycles. The quantitative estimate of drug-likeness (QED) is 0.822. The van der Waals surface area contributed by atoms with Crippen molar-refractivity contribution in [3.05, 3.63) is 30.0 Å². The van der Waals surface area contributed by atoms with Crippen LogP contribution in [-0.4, -0.2) is 42.1 Å². The molecule has 1 aliphatic rings. The summed E-state index contributed by atoms with van der Waals surface area (Å²) in [6, 6.07) is 5.82. The molecule has 20 heavy (non-hydrogen) atoms. The summed E-state index contributed by atoms with van der Waals surface area (Å²) in [5, 5.41) is 0.883. The number of hydrogen-bond donors (Lipinski definition) is 2. The number of carbonyl (C=O) groups is 1. The van der Waals surface area contributed by atoms with Crippen LogP contribution in [0.2, 0.25) is 0 Å². The third-order valence-electron chi connectivity index (χ3n) is 4.00. The number of H-pyrrole nitrogens is 1. The Morgan fingerprint density at radius 3 is 2.90 bits per heavy atom. The molecule has 0 aliphatic carbocycles. The van der Waals surface area contributed by atoms with E-state index in [1.165, 1.54) is 0 Å². The highest BCUT2D eigenvalue weighted by atomic mass is 16.5. The minimum Gasteiger partial charge on any atom is -0.399 e. The zero-order chi connectivity index (χ0) is 14.1. The van der Waals surface area contributed by atoms with Crippen LogP contribution < -0.4 is 5.73 Å². The van der Waals surface area contributed by atoms with E-state index in [1.807, 2.05) is 30.1 Å². The Labute approximate surface area is 117 Å². The summed E-state index contributed by atoms with van der Waals surface area (Å²) in [6.45, 7) is 1.45. The number of nitrogens with one attached hydrogen (secondary N) is 1. The first-order valence-corrected chi connectivity index (χ1v) is 6.88. The summed E-state index contributed by atoms with van der Waals surface area (Å²) < 4.78 is 5.35. The SMILES string of the molecule is CN(C(=O)c1c[nH]c2ccc(N)cc12)C1CCOCC1. The molecule has 1 aliphatic heterocycles. The van der Waals surface area contributed by atoms with Gasteiger partial charge in [0.25, 0.3) is 5.91 Å². The molecule has 1 aromatic carbocycles. The van der Waals surface area contributed by atoms with Gasteiger partial charge in [0.2, 0.25) is 0 Å². The van der Waals surface area contributed by atoms with E-state index in [2.05, 4.69) is 4.98 Å². The fourth-order valence-corrected chi connectivity index (χ4v) is 2.74. The second kappa shape index (κ2) is 5.17. The third-order valence-corrected chi connectivity index (χ3v) is 4.00. The van der Waals surface area contributed by atoms with Gasteiger partial charge in [0.1, 0.15) is 0 Å². The summed E-state index contributed by atoms with van der Waals surface area (Å²) in [4.78, 5) is 17.6. The maximum Gasteiger partial charge on any atom is 0.256 e. The molecule has 3 N–H and O–H groups in total. The Morgan fingerprint density at radius 1 is 1.40 bits per heavy atom. The van der Waals surface area contributed by atoms with Crippen LogP contribution in [0.3, 0.4) is 0 Å². The molecular weight excluding hydrogens is 254 g/mol. The Kier molecular flexibility index (Phi) is 3.36. The standard InChI is InChI=1S/C15H19N3O2/c1-18(11-4-6-20-7-5-11)15(19)13-9-17-14-3-2-10(16)8-12(13)14/h2-3,8-9,11,17H,4-7,16H2,1H3. The number of nitrogens with zero attached hydrogens (tertiary/aromatic N) is 1. The number of benzene rings is 1. The van der Waals surface area contributed by atoms with Crippen molar-refractivity contribution >= 4 is 22.5 Å². The first-order chi connectivity index (χ1) is 9.66. The number of fused-ring (bicyclic) bond motifs is 1. The van der Waals surface area contributed by atoms with Crippen molar-refractivity contribution in [3.8, 4) is 0 Å². The van der Waals surface area contributed by atoms with Crippen LogP contribution in [-0.2, 0) is 4.74 Å². The molecule has 5 nitrogen and oxygen atoms in total. The fourth-order valence-electron chi connectivity index (χ4n) is 2.74. The first-order valence-electron chi connectivity index (χ1n) is 6.88. The first kappa shape index (κ1) is 13.0. The van der Waals surface area contributed by atoms with Crippen molar-refractivity contribution in [1.29, 1.82) is 0 Å². The molecule has 0 atom stereocenters. The van der Waals surface area contributed by atoms with Gasteiger partial charge in [-0.2, -0.15) is 0 Å². The topological polar surface area (TPSA) is 71.4 Å². The van der Waals surface area contributed by atoms with Gasteiger partial charge in [-0.3, -0.25) is 4.79 Å². The molecule has 0 radical (unpaired) electrons. The van der Waals surface area contributed by atoms with E-state index < -0.39 is 0 Å². The number of nitrogen functional groups attached to an aromatic ring is 1. The summed E-state index contributed by atoms with van der Waals surface area (Å²) in [7, 11) is 1.86. The number of hydrogen-bond acceptors (Lipinski definition) is 3. The summed E-state index contributed by atoms with van der Waals surface area (Å²) in [5.41, 5.74) is 8.10.